The number of Topliss-reactive ketones (excluding diaryl/α,β-unsaturated/α-hetero) is 1. The number of epoxide rings is 2. The number of amides is 1. The summed E-state index contributed by atoms with van der Waals surface area (Å²) >= 11 is 0. The van der Waals surface area contributed by atoms with Gasteiger partial charge in [-0.05, 0) is 50.3 Å². The summed E-state index contributed by atoms with van der Waals surface area (Å²) in [6, 6.07) is 9.80. The quantitative estimate of drug-likeness (QED) is 0.355. The van der Waals surface area contributed by atoms with Crippen LogP contribution < -0.4 is 5.32 Å². The van der Waals surface area contributed by atoms with Crippen molar-refractivity contribution in [2.75, 3.05) is 0 Å². The van der Waals surface area contributed by atoms with Crippen LogP contribution >= 0.6 is 0 Å². The Balaban J connectivity index is 1.53. The van der Waals surface area contributed by atoms with Gasteiger partial charge in [-0.25, -0.2) is 0 Å². The molecule has 0 bridgehead atoms. The number of hydrogen-bond acceptors (Lipinski definition) is 7. The molecule has 204 valence electrons. The molecule has 0 aromatic heterocycles. The van der Waals surface area contributed by atoms with Gasteiger partial charge in [-0.2, -0.15) is 0 Å². The van der Waals surface area contributed by atoms with Crippen molar-refractivity contribution in [3.63, 3.8) is 0 Å². The number of ketones is 1. The second-order valence-electron chi connectivity index (χ2n) is 12.4. The summed E-state index contributed by atoms with van der Waals surface area (Å²) in [4.78, 5) is 40.1. The maximum atomic E-state index is 14.4. The van der Waals surface area contributed by atoms with Crippen LogP contribution in [0.25, 0.3) is 0 Å². The van der Waals surface area contributed by atoms with Gasteiger partial charge >= 0.3 is 5.97 Å². The summed E-state index contributed by atoms with van der Waals surface area (Å²) < 4.78 is 18.6. The van der Waals surface area contributed by atoms with Crippen LogP contribution in [0, 0.1) is 29.1 Å². The average Bonchev–Trinajstić information content (AvgIpc) is 3.74. The van der Waals surface area contributed by atoms with Crippen molar-refractivity contribution in [3.05, 3.63) is 48.0 Å². The van der Waals surface area contributed by atoms with E-state index in [1.165, 1.54) is 19.9 Å². The zero-order valence-electron chi connectivity index (χ0n) is 22.5. The van der Waals surface area contributed by atoms with Crippen LogP contribution in [-0.2, 0) is 35.0 Å². The smallest absolute Gasteiger partial charge is 0.303 e. The van der Waals surface area contributed by atoms with Crippen molar-refractivity contribution in [2.45, 2.75) is 89.1 Å². The van der Waals surface area contributed by atoms with E-state index in [1.807, 2.05) is 30.3 Å². The highest BCUT2D eigenvalue weighted by Crippen LogP contribution is 2.69. The topological polar surface area (TPSA) is 118 Å². The maximum absolute atomic E-state index is 14.4. The number of aliphatic hydroxyl groups is 1. The lowest BCUT2D eigenvalue weighted by Crippen LogP contribution is -2.62. The first-order valence-electron chi connectivity index (χ1n) is 13.7. The van der Waals surface area contributed by atoms with Gasteiger partial charge in [-0.3, -0.25) is 14.4 Å². The Bertz CT molecular complexity index is 1200. The minimum absolute atomic E-state index is 0.0359. The van der Waals surface area contributed by atoms with E-state index in [4.69, 9.17) is 14.2 Å². The number of rotatable bonds is 3. The molecule has 3 saturated heterocycles. The number of hydrogen-bond donors (Lipinski definition) is 2. The summed E-state index contributed by atoms with van der Waals surface area (Å²) in [6.07, 6.45) is 2.22. The Morgan fingerprint density at radius 2 is 1.87 bits per heavy atom. The zero-order chi connectivity index (χ0) is 27.2. The standard InChI is InChI=1S/C30H37NO7/c1-15-13-20-24(37-20)23-26-29(5,38-26)16(2)22-19(14-18-9-7-6-8-10-18)31-27(34)30(22,23)21(36-17(3)32)11-12-28(4,35)25(15)33/h6-12,15-16,19-24,26,35H,13-14H2,1-5H3,(H,31,34)/b12-11+/t15?,16?,19?,20?,21?,22?,23?,24?,26?,28?,29?,30-/m1/s1. The number of ether oxygens (including phenoxy) is 3. The van der Waals surface area contributed by atoms with Gasteiger partial charge in [-0.1, -0.05) is 44.2 Å². The van der Waals surface area contributed by atoms with Crippen LogP contribution in [0.15, 0.2) is 42.5 Å². The molecule has 1 amide bonds. The molecule has 1 aromatic rings. The average molecular weight is 524 g/mol. The lowest BCUT2D eigenvalue weighted by molar-refractivity contribution is -0.166. The lowest BCUT2D eigenvalue weighted by atomic mass is 9.50. The molecular weight excluding hydrogens is 486 g/mol. The van der Waals surface area contributed by atoms with E-state index >= 15 is 0 Å². The third kappa shape index (κ3) is 3.63. The molecule has 1 spiro atoms. The van der Waals surface area contributed by atoms with Gasteiger partial charge in [-0.15, -0.1) is 0 Å². The molecule has 11 unspecified atom stereocenters. The number of carbonyl (C=O) groups is 3. The van der Waals surface area contributed by atoms with E-state index in [0.29, 0.717) is 12.8 Å². The van der Waals surface area contributed by atoms with E-state index in [9.17, 15) is 19.5 Å². The molecular formula is C30H37NO7. The van der Waals surface area contributed by atoms with Crippen molar-refractivity contribution in [3.8, 4) is 0 Å². The monoisotopic (exact) mass is 523 g/mol. The molecule has 8 heteroatoms. The first kappa shape index (κ1) is 25.7. The molecule has 0 radical (unpaired) electrons. The van der Waals surface area contributed by atoms with Gasteiger partial charge in [0.2, 0.25) is 5.91 Å². The Hall–Kier alpha value is -2.55. The second-order valence-corrected chi connectivity index (χ2v) is 12.4. The van der Waals surface area contributed by atoms with E-state index in [-0.39, 0.29) is 53.8 Å². The maximum Gasteiger partial charge on any atom is 0.303 e. The Labute approximate surface area is 223 Å². The van der Waals surface area contributed by atoms with Gasteiger partial charge in [0.1, 0.15) is 17.1 Å². The summed E-state index contributed by atoms with van der Waals surface area (Å²) in [5, 5.41) is 14.4. The first-order chi connectivity index (χ1) is 17.9. The van der Waals surface area contributed by atoms with Crippen LogP contribution in [-0.4, -0.2) is 64.4 Å². The summed E-state index contributed by atoms with van der Waals surface area (Å²) in [5.74, 6) is -2.17. The van der Waals surface area contributed by atoms with Crippen LogP contribution in [0.2, 0.25) is 0 Å². The fourth-order valence-electron chi connectivity index (χ4n) is 8.09. The largest absolute Gasteiger partial charge is 0.457 e. The lowest BCUT2D eigenvalue weighted by Gasteiger charge is -2.50. The Kier molecular flexibility index (Phi) is 5.73. The summed E-state index contributed by atoms with van der Waals surface area (Å²) in [6.45, 7) is 8.78. The van der Waals surface area contributed by atoms with Crippen molar-refractivity contribution in [2.24, 2.45) is 29.1 Å². The fraction of sp³-hybridized carbons (Fsp3) is 0.633. The second kappa shape index (κ2) is 8.47. The van der Waals surface area contributed by atoms with Crippen LogP contribution in [0.4, 0.5) is 0 Å². The highest BCUT2D eigenvalue weighted by atomic mass is 16.6. The molecule has 2 aliphatic carbocycles. The minimum atomic E-state index is -1.78. The third-order valence-electron chi connectivity index (χ3n) is 10.1. The highest BCUT2D eigenvalue weighted by molar-refractivity contribution is 5.91. The molecule has 4 fully saturated rings. The van der Waals surface area contributed by atoms with Crippen LogP contribution in [0.1, 0.15) is 46.6 Å². The van der Waals surface area contributed by atoms with E-state index in [1.54, 1.807) is 13.0 Å². The molecule has 5 aliphatic rings. The van der Waals surface area contributed by atoms with Gasteiger partial charge in [0.15, 0.2) is 5.78 Å². The summed E-state index contributed by atoms with van der Waals surface area (Å²) in [5.41, 5.74) is -2.30. The Morgan fingerprint density at radius 1 is 1.16 bits per heavy atom. The predicted molar refractivity (Wildman–Crippen MR) is 137 cm³/mol. The van der Waals surface area contributed by atoms with Crippen molar-refractivity contribution >= 4 is 17.7 Å². The van der Waals surface area contributed by atoms with E-state index < -0.39 is 34.6 Å². The number of carbonyl (C=O) groups excluding carboxylic acids is 3. The van der Waals surface area contributed by atoms with Gasteiger partial charge in [0.25, 0.3) is 0 Å². The van der Waals surface area contributed by atoms with Crippen LogP contribution in [0.3, 0.4) is 0 Å². The molecule has 8 nitrogen and oxygen atoms in total. The Morgan fingerprint density at radius 3 is 2.55 bits per heavy atom. The molecule has 1 aromatic carbocycles. The normalized spacial score (nSPS) is 49.8. The molecule has 38 heavy (non-hydrogen) atoms. The third-order valence-corrected chi connectivity index (χ3v) is 10.1. The zero-order valence-corrected chi connectivity index (χ0v) is 22.5. The van der Waals surface area contributed by atoms with Gasteiger partial charge in [0.05, 0.1) is 23.9 Å². The van der Waals surface area contributed by atoms with Gasteiger partial charge in [0, 0.05) is 30.7 Å². The predicted octanol–water partition coefficient (Wildman–Crippen LogP) is 2.37. The first-order valence-corrected chi connectivity index (χ1v) is 13.7. The molecule has 3 aliphatic heterocycles. The SMILES string of the molecule is CC(=O)OC1/C=C/C(C)(O)C(=O)C(C)CC2OC2C2C3OC3(C)C(C)C3C(Cc4ccccc4)NC(=O)[C@]132. The van der Waals surface area contributed by atoms with Crippen molar-refractivity contribution < 1.29 is 33.7 Å². The summed E-state index contributed by atoms with van der Waals surface area (Å²) in [7, 11) is 0. The molecule has 6 rings (SSSR count). The number of esters is 1. The van der Waals surface area contributed by atoms with Crippen LogP contribution in [0.5, 0.6) is 0 Å². The van der Waals surface area contributed by atoms with Crippen molar-refractivity contribution in [1.82, 2.24) is 5.32 Å². The molecule has 3 heterocycles. The number of benzene rings is 1. The molecule has 1 saturated carbocycles. The van der Waals surface area contributed by atoms with Gasteiger partial charge < -0.3 is 24.6 Å². The minimum Gasteiger partial charge on any atom is -0.457 e. The fourth-order valence-corrected chi connectivity index (χ4v) is 8.09. The molecule has 12 atom stereocenters. The van der Waals surface area contributed by atoms with E-state index in [0.717, 1.165) is 5.56 Å². The van der Waals surface area contributed by atoms with Crippen molar-refractivity contribution in [1.29, 1.82) is 0 Å². The van der Waals surface area contributed by atoms with E-state index in [2.05, 4.69) is 19.2 Å². The number of nitrogens with one attached hydrogen (secondary N) is 1. The highest BCUT2D eigenvalue weighted by Gasteiger charge is 2.82. The molecule has 2 N–H and O–H groups in total. The number of fused-ring (bicyclic) bond motifs is 4.